The molecule has 154 valence electrons. The van der Waals surface area contributed by atoms with Gasteiger partial charge in [-0.1, -0.05) is 11.6 Å². The van der Waals surface area contributed by atoms with Gasteiger partial charge in [0.25, 0.3) is 0 Å². The first-order valence-electron chi connectivity index (χ1n) is 9.02. The second-order valence-electron chi connectivity index (χ2n) is 7.00. The first-order valence-corrected chi connectivity index (χ1v) is 11.3. The highest BCUT2D eigenvalue weighted by atomic mass is 35.5. The molecule has 3 aromatic rings. The quantitative estimate of drug-likeness (QED) is 0.576. The summed E-state index contributed by atoms with van der Waals surface area (Å²) in [4.78, 5) is 16.5. The van der Waals surface area contributed by atoms with Crippen LogP contribution in [0.5, 0.6) is 0 Å². The van der Waals surface area contributed by atoms with Gasteiger partial charge in [0.2, 0.25) is 10.0 Å². The molecule has 29 heavy (non-hydrogen) atoms. The van der Waals surface area contributed by atoms with Crippen LogP contribution in [-0.4, -0.2) is 54.1 Å². The van der Waals surface area contributed by atoms with Gasteiger partial charge >= 0.3 is 0 Å². The fourth-order valence-electron chi connectivity index (χ4n) is 3.15. The topological polar surface area (TPSA) is 115 Å². The Morgan fingerprint density at radius 3 is 2.76 bits per heavy atom. The summed E-state index contributed by atoms with van der Waals surface area (Å²) in [6.45, 7) is 2.59. The maximum absolute atomic E-state index is 11.4. The fraction of sp³-hybridized carbons (Fsp3) is 0.333. The van der Waals surface area contributed by atoms with Crippen molar-refractivity contribution in [2.45, 2.75) is 13.0 Å². The second-order valence-corrected chi connectivity index (χ2v) is 9.27. The van der Waals surface area contributed by atoms with Gasteiger partial charge in [0.05, 0.1) is 17.8 Å². The molecule has 0 bridgehead atoms. The fourth-order valence-corrected chi connectivity index (χ4v) is 3.84. The number of nitrogens with one attached hydrogen (secondary N) is 1. The van der Waals surface area contributed by atoms with Crippen LogP contribution in [0.3, 0.4) is 0 Å². The van der Waals surface area contributed by atoms with Crippen LogP contribution < -0.4 is 15.3 Å². The molecule has 3 N–H and O–H groups in total. The van der Waals surface area contributed by atoms with E-state index in [9.17, 15) is 8.42 Å². The number of fused-ring (bicyclic) bond motifs is 1. The molecule has 0 unspecified atom stereocenters. The minimum atomic E-state index is -3.32. The summed E-state index contributed by atoms with van der Waals surface area (Å²) < 4.78 is 26.9. The smallest absolute Gasteiger partial charge is 0.209 e. The van der Waals surface area contributed by atoms with E-state index in [1.165, 1.54) is 12.7 Å². The third-order valence-electron chi connectivity index (χ3n) is 4.72. The molecule has 0 amide bonds. The van der Waals surface area contributed by atoms with Gasteiger partial charge in [-0.05, 0) is 35.7 Å². The summed E-state index contributed by atoms with van der Waals surface area (Å²) in [5.41, 5.74) is 8.93. The van der Waals surface area contributed by atoms with Crippen molar-refractivity contribution < 1.29 is 13.3 Å². The number of nitrogens with zero attached hydrogens (tertiary/aromatic N) is 4. The predicted molar refractivity (Wildman–Crippen MR) is 112 cm³/mol. The van der Waals surface area contributed by atoms with Crippen molar-refractivity contribution >= 4 is 38.5 Å². The Hall–Kier alpha value is -2.40. The monoisotopic (exact) mass is 436 g/mol. The first kappa shape index (κ1) is 19.9. The van der Waals surface area contributed by atoms with Gasteiger partial charge in [0.15, 0.2) is 12.4 Å². The van der Waals surface area contributed by atoms with Crippen LogP contribution in [0.2, 0.25) is 5.02 Å². The number of nitrogen functional groups attached to an aromatic ring is 1. The number of benzene rings is 1. The molecule has 1 saturated heterocycles. The molecule has 3 heterocycles. The molecule has 0 aliphatic carbocycles. The number of sulfonamides is 1. The molecule has 0 saturated carbocycles. The van der Waals surface area contributed by atoms with Gasteiger partial charge in [0.1, 0.15) is 12.1 Å². The summed E-state index contributed by atoms with van der Waals surface area (Å²) in [6.07, 6.45) is 5.47. The molecule has 1 aliphatic heterocycles. The summed E-state index contributed by atoms with van der Waals surface area (Å²) >= 11 is 6.29. The Bertz CT molecular complexity index is 1160. The molecule has 1 aliphatic rings. The lowest BCUT2D eigenvalue weighted by Crippen LogP contribution is -2.41. The van der Waals surface area contributed by atoms with E-state index in [-0.39, 0.29) is 6.54 Å². The standard InChI is InChI=1S/C18H21ClN6O3S/c1-29(26,27)23-8-12-5-13(7-14(19)6-12)15-9-25(28-11-24-3-2-4-24)18-16(15)17(20)21-10-22-18/h5-7,9-10,23H,2-4,8,11H2,1H3,(H2,20,21,22). The molecule has 0 atom stereocenters. The van der Waals surface area contributed by atoms with E-state index in [1.807, 2.05) is 6.07 Å². The molecule has 1 fully saturated rings. The zero-order valence-corrected chi connectivity index (χ0v) is 17.4. The minimum Gasteiger partial charge on any atom is -0.396 e. The number of halogens is 1. The second kappa shape index (κ2) is 7.79. The van der Waals surface area contributed by atoms with Crippen LogP contribution >= 0.6 is 11.6 Å². The highest BCUT2D eigenvalue weighted by molar-refractivity contribution is 7.88. The number of rotatable bonds is 7. The highest BCUT2D eigenvalue weighted by Crippen LogP contribution is 2.34. The van der Waals surface area contributed by atoms with E-state index in [0.29, 0.717) is 28.6 Å². The van der Waals surface area contributed by atoms with Crippen LogP contribution in [0.4, 0.5) is 5.82 Å². The van der Waals surface area contributed by atoms with E-state index < -0.39 is 10.0 Å². The number of nitrogens with two attached hydrogens (primary N) is 1. The molecular formula is C18H21ClN6O3S. The predicted octanol–water partition coefficient (Wildman–Crippen LogP) is 1.47. The van der Waals surface area contributed by atoms with Gasteiger partial charge in [-0.2, -0.15) is 4.73 Å². The third-order valence-corrected chi connectivity index (χ3v) is 5.60. The van der Waals surface area contributed by atoms with E-state index in [2.05, 4.69) is 19.6 Å². The molecule has 2 aromatic heterocycles. The van der Waals surface area contributed by atoms with Gasteiger partial charge in [-0.25, -0.2) is 23.1 Å². The van der Waals surface area contributed by atoms with Crippen molar-refractivity contribution in [1.29, 1.82) is 0 Å². The SMILES string of the molecule is CS(=O)(=O)NCc1cc(Cl)cc(-c2cn(OCN3CCC3)c3ncnc(N)c23)c1. The zero-order valence-electron chi connectivity index (χ0n) is 15.8. The van der Waals surface area contributed by atoms with Crippen molar-refractivity contribution in [2.75, 3.05) is 31.8 Å². The van der Waals surface area contributed by atoms with Crippen molar-refractivity contribution in [2.24, 2.45) is 0 Å². The van der Waals surface area contributed by atoms with Crippen LogP contribution in [-0.2, 0) is 16.6 Å². The molecule has 11 heteroatoms. The number of hydrogen-bond donors (Lipinski definition) is 2. The van der Waals surface area contributed by atoms with Crippen molar-refractivity contribution in [3.05, 3.63) is 41.3 Å². The van der Waals surface area contributed by atoms with Gasteiger partial charge in [-0.15, -0.1) is 0 Å². The summed E-state index contributed by atoms with van der Waals surface area (Å²) in [6, 6.07) is 5.35. The van der Waals surface area contributed by atoms with Gasteiger partial charge < -0.3 is 10.6 Å². The van der Waals surface area contributed by atoms with Gasteiger partial charge in [-0.3, -0.25) is 4.90 Å². The number of anilines is 1. The molecule has 4 rings (SSSR count). The number of aromatic nitrogens is 3. The maximum atomic E-state index is 11.4. The van der Waals surface area contributed by atoms with E-state index in [4.69, 9.17) is 22.2 Å². The van der Waals surface area contributed by atoms with E-state index in [1.54, 1.807) is 23.1 Å². The lowest BCUT2D eigenvalue weighted by molar-refractivity contribution is -0.00687. The van der Waals surface area contributed by atoms with Crippen molar-refractivity contribution in [1.82, 2.24) is 24.3 Å². The summed E-state index contributed by atoms with van der Waals surface area (Å²) in [5.74, 6) is 0.326. The molecular weight excluding hydrogens is 416 g/mol. The van der Waals surface area contributed by atoms with Crippen LogP contribution in [0.25, 0.3) is 22.2 Å². The lowest BCUT2D eigenvalue weighted by Gasteiger charge is -2.29. The maximum Gasteiger partial charge on any atom is 0.209 e. The summed E-state index contributed by atoms with van der Waals surface area (Å²) in [5, 5.41) is 1.13. The van der Waals surface area contributed by atoms with E-state index in [0.717, 1.165) is 36.0 Å². The van der Waals surface area contributed by atoms with Crippen LogP contribution in [0, 0.1) is 0 Å². The van der Waals surface area contributed by atoms with Crippen molar-refractivity contribution in [3.8, 4) is 11.1 Å². The van der Waals surface area contributed by atoms with Gasteiger partial charge in [0, 0.05) is 30.2 Å². The number of likely N-dealkylation sites (tertiary alicyclic amines) is 1. The molecule has 1 aromatic carbocycles. The molecule has 0 radical (unpaired) electrons. The summed E-state index contributed by atoms with van der Waals surface area (Å²) in [7, 11) is -3.32. The van der Waals surface area contributed by atoms with E-state index >= 15 is 0 Å². The van der Waals surface area contributed by atoms with Crippen LogP contribution in [0.15, 0.2) is 30.7 Å². The average Bonchev–Trinajstić information content (AvgIpc) is 2.98. The molecule has 9 nitrogen and oxygen atoms in total. The van der Waals surface area contributed by atoms with Crippen molar-refractivity contribution in [3.63, 3.8) is 0 Å². The Kier molecular flexibility index (Phi) is 5.34. The Balaban J connectivity index is 1.73. The Morgan fingerprint density at radius 2 is 2.07 bits per heavy atom. The normalized spacial score (nSPS) is 14.8. The first-order chi connectivity index (χ1) is 13.8. The third kappa shape index (κ3) is 4.45. The average molecular weight is 437 g/mol. The Labute approximate surface area is 173 Å². The van der Waals surface area contributed by atoms with Crippen LogP contribution in [0.1, 0.15) is 12.0 Å². The Morgan fingerprint density at radius 1 is 1.28 bits per heavy atom. The largest absolute Gasteiger partial charge is 0.396 e. The zero-order chi connectivity index (χ0) is 20.6. The molecule has 0 spiro atoms. The minimum absolute atomic E-state index is 0.127. The lowest BCUT2D eigenvalue weighted by atomic mass is 10.0. The number of hydrogen-bond acceptors (Lipinski definition) is 7. The highest BCUT2D eigenvalue weighted by Gasteiger charge is 2.19.